The minimum atomic E-state index is -3.38. The highest BCUT2D eigenvalue weighted by atomic mass is 35.5. The number of fused-ring (bicyclic) bond motifs is 2. The lowest BCUT2D eigenvalue weighted by atomic mass is 9.64. The average Bonchev–Trinajstić information content (AvgIpc) is 3.24. The second-order valence-electron chi connectivity index (χ2n) is 11.0. The van der Waals surface area contributed by atoms with Crippen molar-refractivity contribution >= 4 is 27.5 Å². The first-order chi connectivity index (χ1) is 16.3. The summed E-state index contributed by atoms with van der Waals surface area (Å²) in [6.07, 6.45) is 12.5. The molecule has 3 fully saturated rings. The van der Waals surface area contributed by atoms with Gasteiger partial charge >= 0.3 is 0 Å². The lowest BCUT2D eigenvalue weighted by Gasteiger charge is -2.45. The number of carbonyl (C=O) groups is 1. The number of hydrogen-bond donors (Lipinski definition) is 2. The summed E-state index contributed by atoms with van der Waals surface area (Å²) in [7, 11) is -3.38. The molecule has 4 atom stereocenters. The van der Waals surface area contributed by atoms with E-state index < -0.39 is 10.0 Å². The molecule has 9 heteroatoms. The molecule has 1 saturated carbocycles. The zero-order valence-corrected chi connectivity index (χ0v) is 21.8. The van der Waals surface area contributed by atoms with Gasteiger partial charge in [-0.3, -0.25) is 4.79 Å². The number of nitrogens with one attached hydrogen (secondary N) is 2. The van der Waals surface area contributed by atoms with Crippen molar-refractivity contribution in [1.29, 1.82) is 0 Å². The van der Waals surface area contributed by atoms with Crippen LogP contribution >= 0.6 is 11.6 Å². The number of sulfonamides is 1. The number of piperidine rings is 1. The molecule has 2 saturated heterocycles. The molecule has 0 bridgehead atoms. The zero-order chi connectivity index (χ0) is 23.9. The fourth-order valence-corrected chi connectivity index (χ4v) is 8.39. The van der Waals surface area contributed by atoms with Crippen LogP contribution in [0.3, 0.4) is 0 Å². The van der Waals surface area contributed by atoms with Crippen molar-refractivity contribution < 1.29 is 23.5 Å². The zero-order valence-electron chi connectivity index (χ0n) is 20.2. The van der Waals surface area contributed by atoms with Crippen molar-refractivity contribution in [2.75, 3.05) is 25.9 Å². The number of likely N-dealkylation sites (tertiary alicyclic amines) is 1. The monoisotopic (exact) mass is 510 g/mol. The van der Waals surface area contributed by atoms with Gasteiger partial charge in [-0.1, -0.05) is 19.3 Å². The third-order valence-corrected chi connectivity index (χ3v) is 9.90. The van der Waals surface area contributed by atoms with E-state index in [0.29, 0.717) is 29.4 Å². The Labute approximate surface area is 208 Å². The summed E-state index contributed by atoms with van der Waals surface area (Å²) in [4.78, 5) is 19.8. The van der Waals surface area contributed by atoms with E-state index in [9.17, 15) is 13.2 Å². The van der Waals surface area contributed by atoms with E-state index in [0.717, 1.165) is 50.2 Å². The SMILES string of the molecule is CS(=O)(=O)NC1CC[C@]2(C[NH2+]CC2C(=O)N2CCCCC2C2CCCCC2)c2ccc(Cl)[nH+]c21. The van der Waals surface area contributed by atoms with Gasteiger partial charge in [0.15, 0.2) is 0 Å². The molecule has 1 spiro atoms. The number of quaternary nitrogens is 1. The molecule has 1 aromatic heterocycles. The number of aromatic nitrogens is 1. The van der Waals surface area contributed by atoms with Crippen molar-refractivity contribution in [3.05, 3.63) is 28.5 Å². The van der Waals surface area contributed by atoms with Crippen LogP contribution in [0.1, 0.15) is 81.5 Å². The minimum Gasteiger partial charge on any atom is -0.345 e. The molecule has 34 heavy (non-hydrogen) atoms. The Morgan fingerprint density at radius 3 is 2.68 bits per heavy atom. The van der Waals surface area contributed by atoms with E-state index >= 15 is 0 Å². The maximum Gasteiger partial charge on any atom is 0.273 e. The summed E-state index contributed by atoms with van der Waals surface area (Å²) in [5.41, 5.74) is 1.58. The largest absolute Gasteiger partial charge is 0.345 e. The van der Waals surface area contributed by atoms with Crippen molar-refractivity contribution in [2.45, 2.75) is 81.7 Å². The Morgan fingerprint density at radius 2 is 1.91 bits per heavy atom. The van der Waals surface area contributed by atoms with E-state index in [1.165, 1.54) is 44.8 Å². The number of nitrogens with two attached hydrogens (primary N) is 1. The van der Waals surface area contributed by atoms with E-state index in [1.54, 1.807) is 0 Å². The normalized spacial score (nSPS) is 32.6. The molecule has 1 aromatic rings. The lowest BCUT2D eigenvalue weighted by molar-refractivity contribution is -0.640. The topological polar surface area (TPSA) is 97.2 Å². The second-order valence-corrected chi connectivity index (χ2v) is 13.2. The molecule has 2 aliphatic carbocycles. The van der Waals surface area contributed by atoms with Crippen molar-refractivity contribution in [3.63, 3.8) is 0 Å². The van der Waals surface area contributed by atoms with Crippen molar-refractivity contribution in [3.8, 4) is 0 Å². The molecule has 2 aliphatic heterocycles. The van der Waals surface area contributed by atoms with Crippen LogP contribution in [-0.4, -0.2) is 51.2 Å². The molecule has 3 heterocycles. The van der Waals surface area contributed by atoms with Crippen LogP contribution in [0.5, 0.6) is 0 Å². The first-order valence-corrected chi connectivity index (χ1v) is 15.4. The van der Waals surface area contributed by atoms with Crippen LogP contribution in [-0.2, 0) is 20.2 Å². The number of halogens is 1. The fourth-order valence-electron chi connectivity index (χ4n) is 7.48. The Balaban J connectivity index is 1.47. The van der Waals surface area contributed by atoms with Crippen molar-refractivity contribution in [1.82, 2.24) is 9.62 Å². The van der Waals surface area contributed by atoms with Gasteiger partial charge in [-0.2, -0.15) is 4.98 Å². The number of H-pyrrole nitrogens is 1. The number of aromatic amines is 1. The number of pyridine rings is 1. The first kappa shape index (κ1) is 24.5. The van der Waals surface area contributed by atoms with Gasteiger partial charge < -0.3 is 10.2 Å². The van der Waals surface area contributed by atoms with Gasteiger partial charge in [-0.05, 0) is 68.5 Å². The molecule has 4 N–H and O–H groups in total. The molecule has 4 aliphatic rings. The Kier molecular flexibility index (Phi) is 6.97. The van der Waals surface area contributed by atoms with Crippen LogP contribution in [0.4, 0.5) is 0 Å². The maximum atomic E-state index is 14.3. The third kappa shape index (κ3) is 4.63. The van der Waals surface area contributed by atoms with Gasteiger partial charge in [-0.25, -0.2) is 13.1 Å². The lowest BCUT2D eigenvalue weighted by Crippen LogP contribution is -2.82. The van der Waals surface area contributed by atoms with Crippen LogP contribution < -0.4 is 15.0 Å². The van der Waals surface area contributed by atoms with Gasteiger partial charge in [0, 0.05) is 24.2 Å². The molecule has 3 unspecified atom stereocenters. The summed E-state index contributed by atoms with van der Waals surface area (Å²) in [5.74, 6) is 0.872. The van der Waals surface area contributed by atoms with E-state index in [4.69, 9.17) is 11.6 Å². The van der Waals surface area contributed by atoms with Crippen LogP contribution in [0.15, 0.2) is 12.1 Å². The Hall–Kier alpha value is -1.22. The third-order valence-electron chi connectivity index (χ3n) is 8.96. The number of rotatable bonds is 4. The van der Waals surface area contributed by atoms with Gasteiger partial charge in [0.2, 0.25) is 21.6 Å². The molecule has 0 radical (unpaired) electrons. The van der Waals surface area contributed by atoms with E-state index in [1.807, 2.05) is 12.1 Å². The Bertz CT molecular complexity index is 1030. The Morgan fingerprint density at radius 1 is 1.15 bits per heavy atom. The highest BCUT2D eigenvalue weighted by Crippen LogP contribution is 2.47. The van der Waals surface area contributed by atoms with Crippen LogP contribution in [0.25, 0.3) is 0 Å². The van der Waals surface area contributed by atoms with Gasteiger partial charge in [0.05, 0.1) is 24.8 Å². The predicted molar refractivity (Wildman–Crippen MR) is 131 cm³/mol. The highest BCUT2D eigenvalue weighted by Gasteiger charge is 2.57. The summed E-state index contributed by atoms with van der Waals surface area (Å²) in [6, 6.07) is 3.91. The number of amides is 1. The highest BCUT2D eigenvalue weighted by molar-refractivity contribution is 7.88. The van der Waals surface area contributed by atoms with Gasteiger partial charge in [-0.15, -0.1) is 0 Å². The second kappa shape index (κ2) is 9.68. The number of carbonyl (C=O) groups excluding carboxylic acids is 1. The fraction of sp³-hybridized carbons (Fsp3) is 0.760. The molecule has 0 aromatic carbocycles. The molecule has 7 nitrogen and oxygen atoms in total. The summed E-state index contributed by atoms with van der Waals surface area (Å²) < 4.78 is 26.9. The number of hydrogen-bond acceptors (Lipinski definition) is 3. The van der Waals surface area contributed by atoms with Crippen LogP contribution in [0, 0.1) is 11.8 Å². The van der Waals surface area contributed by atoms with Crippen molar-refractivity contribution in [2.24, 2.45) is 11.8 Å². The van der Waals surface area contributed by atoms with Gasteiger partial charge in [0.1, 0.15) is 12.0 Å². The smallest absolute Gasteiger partial charge is 0.273 e. The quantitative estimate of drug-likeness (QED) is 0.605. The predicted octanol–water partition coefficient (Wildman–Crippen LogP) is 1.93. The minimum absolute atomic E-state index is 0.0933. The summed E-state index contributed by atoms with van der Waals surface area (Å²) in [6.45, 7) is 2.52. The molecule has 1 amide bonds. The number of nitrogens with zero attached hydrogens (tertiary/aromatic N) is 1. The molecular formula is C25H39ClN4O3S+2. The average molecular weight is 511 g/mol. The summed E-state index contributed by atoms with van der Waals surface area (Å²) >= 11 is 6.32. The standard InChI is InChI=1S/C25H37ClN4O3S/c1-34(32,33)29-20-12-13-25(18-10-11-22(26)28-23(18)20)16-27-15-19(25)24(31)30-14-6-5-9-21(30)17-7-3-2-4-8-17/h10-11,17,19-21,27,29H,2-9,12-16H2,1H3/p+2/t19?,20?,21?,25-/m0/s1. The maximum absolute atomic E-state index is 14.3. The summed E-state index contributed by atoms with van der Waals surface area (Å²) in [5, 5.41) is 2.76. The molecule has 5 rings (SSSR count). The molecular weight excluding hydrogens is 472 g/mol. The van der Waals surface area contributed by atoms with E-state index in [2.05, 4.69) is 19.9 Å². The van der Waals surface area contributed by atoms with E-state index in [-0.39, 0.29) is 17.4 Å². The first-order valence-electron chi connectivity index (χ1n) is 13.1. The van der Waals surface area contributed by atoms with Crippen LogP contribution in [0.2, 0.25) is 5.15 Å². The van der Waals surface area contributed by atoms with Gasteiger partial charge in [0.25, 0.3) is 5.15 Å². The molecule has 188 valence electrons.